The van der Waals surface area contributed by atoms with Gasteiger partial charge in [0, 0.05) is 0 Å². The second kappa shape index (κ2) is 7.86. The van der Waals surface area contributed by atoms with E-state index in [0.717, 1.165) is 6.16 Å². The fraction of sp³-hybridized carbons (Fsp3) is 0.259. The van der Waals surface area contributed by atoms with Gasteiger partial charge < -0.3 is 0 Å². The Morgan fingerprint density at radius 1 is 0.724 bits per heavy atom. The van der Waals surface area contributed by atoms with Gasteiger partial charge in [-0.05, 0) is 0 Å². The Balaban J connectivity index is 2.06. The molecule has 2 heteroatoms. The summed E-state index contributed by atoms with van der Waals surface area (Å²) >= 11 is 4.59. The normalized spacial score (nSPS) is 17.8. The van der Waals surface area contributed by atoms with Gasteiger partial charge in [-0.15, -0.1) is 0 Å². The number of hydrogen-bond acceptors (Lipinski definition) is 0. The van der Waals surface area contributed by atoms with Gasteiger partial charge in [0.1, 0.15) is 0 Å². The van der Waals surface area contributed by atoms with Crippen LogP contribution in [0.1, 0.15) is 33.1 Å². The molecule has 3 aromatic rings. The molecule has 0 saturated heterocycles. The molecule has 1 aliphatic rings. The quantitative estimate of drug-likeness (QED) is 0.282. The van der Waals surface area contributed by atoms with Crippen LogP contribution in [0.4, 0.5) is 0 Å². The van der Waals surface area contributed by atoms with E-state index in [1.54, 1.807) is 5.57 Å². The third-order valence-electron chi connectivity index (χ3n) is 6.62. The fourth-order valence-electron chi connectivity index (χ4n) is 4.79. The molecule has 0 aliphatic heterocycles. The third kappa shape index (κ3) is 3.54. The number of hydrogen-bond donors (Lipinski definition) is 0. The molecule has 0 aromatic heterocycles. The van der Waals surface area contributed by atoms with E-state index in [1.807, 2.05) is 0 Å². The van der Waals surface area contributed by atoms with Gasteiger partial charge in [-0.1, -0.05) is 0 Å². The molecule has 0 unspecified atom stereocenters. The van der Waals surface area contributed by atoms with E-state index < -0.39 is 5.31 Å². The van der Waals surface area contributed by atoms with Gasteiger partial charge in [0.25, 0.3) is 0 Å². The van der Waals surface area contributed by atoms with Gasteiger partial charge in [-0.2, -0.15) is 0 Å². The van der Waals surface area contributed by atoms with E-state index >= 15 is 0 Å². The van der Waals surface area contributed by atoms with Crippen molar-refractivity contribution in [1.29, 1.82) is 0 Å². The standard InChI is InChI=1S/C27H30BrP/c1-27(2)21-13-12-14-23(27)22-29(28,24-15-6-3-7-16-24,25-17-8-4-9-18-25)26-19-10-5-11-20-26/h3-11,14-20H,12-13,21-22H2,1-2H3. The van der Waals surface area contributed by atoms with Gasteiger partial charge in [0.2, 0.25) is 0 Å². The minimum absolute atomic E-state index is 0.230. The average molecular weight is 465 g/mol. The summed E-state index contributed by atoms with van der Waals surface area (Å²) in [6.45, 7) is 4.85. The molecule has 0 saturated carbocycles. The second-order valence-corrected chi connectivity index (χ2v) is 17.8. The van der Waals surface area contributed by atoms with Crippen molar-refractivity contribution in [2.24, 2.45) is 5.41 Å². The summed E-state index contributed by atoms with van der Waals surface area (Å²) in [5, 5.41) is 1.33. The van der Waals surface area contributed by atoms with Crippen molar-refractivity contribution in [3.05, 3.63) is 103 Å². The van der Waals surface area contributed by atoms with E-state index in [9.17, 15) is 0 Å². The summed E-state index contributed by atoms with van der Waals surface area (Å²) in [6, 6.07) is 33.4. The molecule has 0 nitrogen and oxygen atoms in total. The average Bonchev–Trinajstić information content (AvgIpc) is 2.77. The monoisotopic (exact) mass is 464 g/mol. The second-order valence-electron chi connectivity index (χ2n) is 8.85. The maximum absolute atomic E-state index is 4.59. The maximum atomic E-state index is 4.59. The Bertz CT molecular complexity index is 891. The van der Waals surface area contributed by atoms with Gasteiger partial charge in [-0.25, -0.2) is 0 Å². The molecular weight excluding hydrogens is 435 g/mol. The molecule has 0 atom stereocenters. The molecule has 3 aromatic carbocycles. The van der Waals surface area contributed by atoms with Gasteiger partial charge in [0.05, 0.1) is 0 Å². The Kier molecular flexibility index (Phi) is 5.58. The predicted molar refractivity (Wildman–Crippen MR) is 135 cm³/mol. The summed E-state index contributed by atoms with van der Waals surface area (Å²) < 4.78 is 0. The van der Waals surface area contributed by atoms with Crippen molar-refractivity contribution < 1.29 is 0 Å². The molecule has 0 N–H and O–H groups in total. The van der Waals surface area contributed by atoms with E-state index in [4.69, 9.17) is 0 Å². The molecule has 0 spiro atoms. The molecular formula is C27H30BrP. The van der Waals surface area contributed by atoms with Crippen molar-refractivity contribution >= 4 is 36.7 Å². The minimum atomic E-state index is -2.87. The number of rotatable bonds is 5. The van der Waals surface area contributed by atoms with E-state index in [2.05, 4.69) is 126 Å². The molecule has 0 radical (unpaired) electrons. The van der Waals surface area contributed by atoms with Crippen LogP contribution in [0.2, 0.25) is 0 Å². The summed E-state index contributed by atoms with van der Waals surface area (Å²) in [7, 11) is 0. The number of halogens is 1. The summed E-state index contributed by atoms with van der Waals surface area (Å²) in [4.78, 5) is 0. The van der Waals surface area contributed by atoms with Gasteiger partial charge in [-0.3, -0.25) is 0 Å². The van der Waals surface area contributed by atoms with Crippen molar-refractivity contribution in [1.82, 2.24) is 0 Å². The van der Waals surface area contributed by atoms with Crippen LogP contribution in [0.15, 0.2) is 103 Å². The molecule has 1 aliphatic carbocycles. The first-order valence-electron chi connectivity index (χ1n) is 10.5. The third-order valence-corrected chi connectivity index (χ3v) is 16.1. The topological polar surface area (TPSA) is 0 Å². The molecule has 0 amide bonds. The van der Waals surface area contributed by atoms with Crippen LogP contribution in [0.5, 0.6) is 0 Å². The molecule has 150 valence electrons. The zero-order valence-corrected chi connectivity index (χ0v) is 19.9. The first-order valence-corrected chi connectivity index (χ1v) is 15.0. The first-order chi connectivity index (χ1) is 13.9. The fourth-order valence-corrected chi connectivity index (χ4v) is 12.8. The molecule has 0 bridgehead atoms. The Hall–Kier alpha value is -1.69. The molecule has 0 fully saturated rings. The first kappa shape index (κ1) is 20.6. The summed E-state index contributed by atoms with van der Waals surface area (Å²) in [5.41, 5.74) is 1.82. The van der Waals surface area contributed by atoms with Crippen LogP contribution in [0.3, 0.4) is 0 Å². The molecule has 4 rings (SSSR count). The van der Waals surface area contributed by atoms with Crippen LogP contribution in [-0.2, 0) is 0 Å². The summed E-state index contributed by atoms with van der Waals surface area (Å²) in [6.07, 6.45) is 7.31. The van der Waals surface area contributed by atoms with Crippen LogP contribution >= 0.6 is 20.8 Å². The van der Waals surface area contributed by atoms with Crippen LogP contribution in [0.25, 0.3) is 0 Å². The van der Waals surface area contributed by atoms with E-state index in [1.165, 1.54) is 35.2 Å². The van der Waals surface area contributed by atoms with E-state index in [0.29, 0.717) is 0 Å². The number of benzene rings is 3. The Morgan fingerprint density at radius 2 is 1.14 bits per heavy atom. The Labute approximate surface area is 183 Å². The molecule has 29 heavy (non-hydrogen) atoms. The van der Waals surface area contributed by atoms with Gasteiger partial charge >= 0.3 is 184 Å². The SMILES string of the molecule is CC1(C)CCCC=C1CP(Br)(c1ccccc1)(c1ccccc1)c1ccccc1. The molecule has 0 heterocycles. The van der Waals surface area contributed by atoms with Crippen LogP contribution < -0.4 is 15.9 Å². The van der Waals surface area contributed by atoms with Crippen LogP contribution in [0, 0.1) is 5.41 Å². The van der Waals surface area contributed by atoms with E-state index in [-0.39, 0.29) is 5.41 Å². The summed E-state index contributed by atoms with van der Waals surface area (Å²) in [5.74, 6) is 0. The van der Waals surface area contributed by atoms with Crippen molar-refractivity contribution in [3.63, 3.8) is 0 Å². The Morgan fingerprint density at radius 3 is 1.52 bits per heavy atom. The van der Waals surface area contributed by atoms with Gasteiger partial charge in [0.15, 0.2) is 0 Å². The van der Waals surface area contributed by atoms with Crippen molar-refractivity contribution in [3.8, 4) is 0 Å². The zero-order valence-electron chi connectivity index (χ0n) is 17.4. The zero-order chi connectivity index (χ0) is 20.4. The number of allylic oxidation sites excluding steroid dienone is 2. The van der Waals surface area contributed by atoms with Crippen molar-refractivity contribution in [2.75, 3.05) is 6.16 Å². The van der Waals surface area contributed by atoms with Crippen molar-refractivity contribution in [2.45, 2.75) is 33.1 Å². The van der Waals surface area contributed by atoms with Crippen LogP contribution in [-0.4, -0.2) is 6.16 Å². The predicted octanol–water partition coefficient (Wildman–Crippen LogP) is 6.96.